The molecule has 0 aromatic carbocycles. The van der Waals surface area contributed by atoms with Gasteiger partial charge in [-0.1, -0.05) is 20.3 Å². The average Bonchev–Trinajstić information content (AvgIpc) is 2.94. The Morgan fingerprint density at radius 1 is 1.35 bits per heavy atom. The molecule has 0 aliphatic carbocycles. The van der Waals surface area contributed by atoms with Crippen molar-refractivity contribution >= 4 is 12.0 Å². The van der Waals surface area contributed by atoms with Crippen molar-refractivity contribution in [3.63, 3.8) is 0 Å². The summed E-state index contributed by atoms with van der Waals surface area (Å²) in [7, 11) is 0. The van der Waals surface area contributed by atoms with Crippen LogP contribution in [-0.2, 0) is 4.79 Å². The molecule has 0 saturated carbocycles. The Morgan fingerprint density at radius 3 is 2.55 bits per heavy atom. The molecule has 2 fully saturated rings. The predicted molar refractivity (Wildman–Crippen MR) is 76.5 cm³/mol. The molecular weight excluding hydrogens is 256 g/mol. The highest BCUT2D eigenvalue weighted by atomic mass is 16.4. The SMILES string of the molecule is CCCC1(C(=O)O)CCN(C(=O)N2CC(C)CC2C)C1. The minimum atomic E-state index is -0.752. The summed E-state index contributed by atoms with van der Waals surface area (Å²) >= 11 is 0. The summed E-state index contributed by atoms with van der Waals surface area (Å²) in [6.07, 6.45) is 3.11. The Balaban J connectivity index is 2.05. The Morgan fingerprint density at radius 2 is 2.05 bits per heavy atom. The average molecular weight is 282 g/mol. The van der Waals surface area contributed by atoms with Crippen molar-refractivity contribution in [3.05, 3.63) is 0 Å². The number of carbonyl (C=O) groups is 2. The number of hydrogen-bond acceptors (Lipinski definition) is 2. The third-order valence-corrected chi connectivity index (χ3v) is 4.84. The minimum absolute atomic E-state index is 0.0288. The number of nitrogens with zero attached hydrogens (tertiary/aromatic N) is 2. The summed E-state index contributed by atoms with van der Waals surface area (Å²) in [5.41, 5.74) is -0.723. The zero-order valence-corrected chi connectivity index (χ0v) is 12.8. The first kappa shape index (κ1) is 15.1. The van der Waals surface area contributed by atoms with Gasteiger partial charge in [-0.15, -0.1) is 0 Å². The predicted octanol–water partition coefficient (Wildman–Crippen LogP) is 2.41. The van der Waals surface area contributed by atoms with E-state index >= 15 is 0 Å². The van der Waals surface area contributed by atoms with Crippen molar-refractivity contribution in [2.75, 3.05) is 19.6 Å². The second kappa shape index (κ2) is 5.62. The van der Waals surface area contributed by atoms with Crippen LogP contribution < -0.4 is 0 Å². The molecule has 2 rings (SSSR count). The van der Waals surface area contributed by atoms with Gasteiger partial charge in [-0.25, -0.2) is 4.79 Å². The van der Waals surface area contributed by atoms with Crippen molar-refractivity contribution in [2.24, 2.45) is 11.3 Å². The molecule has 5 heteroatoms. The second-order valence-corrected chi connectivity index (χ2v) is 6.63. The third-order valence-electron chi connectivity index (χ3n) is 4.84. The fourth-order valence-corrected chi connectivity index (χ4v) is 3.75. The molecule has 114 valence electrons. The van der Waals surface area contributed by atoms with E-state index in [4.69, 9.17) is 0 Å². The Bertz CT molecular complexity index is 399. The van der Waals surface area contributed by atoms with Crippen LogP contribution in [0.4, 0.5) is 4.79 Å². The highest BCUT2D eigenvalue weighted by molar-refractivity contribution is 5.80. The number of urea groups is 1. The molecular formula is C15H26N2O3. The van der Waals surface area contributed by atoms with Gasteiger partial charge in [0.1, 0.15) is 0 Å². The highest BCUT2D eigenvalue weighted by Crippen LogP contribution is 2.36. The Labute approximate surface area is 120 Å². The number of rotatable bonds is 3. The summed E-state index contributed by atoms with van der Waals surface area (Å²) < 4.78 is 0. The number of likely N-dealkylation sites (tertiary alicyclic amines) is 2. The highest BCUT2D eigenvalue weighted by Gasteiger charge is 2.47. The fraction of sp³-hybridized carbons (Fsp3) is 0.867. The van der Waals surface area contributed by atoms with Crippen molar-refractivity contribution in [1.82, 2.24) is 9.80 Å². The molecule has 2 amide bonds. The lowest BCUT2D eigenvalue weighted by atomic mass is 9.83. The molecule has 2 heterocycles. The smallest absolute Gasteiger partial charge is 0.320 e. The van der Waals surface area contributed by atoms with Crippen molar-refractivity contribution in [2.45, 2.75) is 52.5 Å². The first-order chi connectivity index (χ1) is 9.39. The molecule has 0 aromatic rings. The largest absolute Gasteiger partial charge is 0.481 e. The summed E-state index contributed by atoms with van der Waals surface area (Å²) in [5, 5.41) is 9.50. The molecule has 5 nitrogen and oxygen atoms in total. The number of hydrogen-bond donors (Lipinski definition) is 1. The molecule has 0 radical (unpaired) electrons. The van der Waals surface area contributed by atoms with Crippen LogP contribution in [-0.4, -0.2) is 52.6 Å². The van der Waals surface area contributed by atoms with E-state index in [9.17, 15) is 14.7 Å². The van der Waals surface area contributed by atoms with Gasteiger partial charge in [-0.3, -0.25) is 4.79 Å². The van der Waals surface area contributed by atoms with Gasteiger partial charge in [0.05, 0.1) is 5.41 Å². The van der Waals surface area contributed by atoms with Gasteiger partial charge in [-0.2, -0.15) is 0 Å². The summed E-state index contributed by atoms with van der Waals surface area (Å²) in [6.45, 7) is 7.97. The van der Waals surface area contributed by atoms with Crippen molar-refractivity contribution in [1.29, 1.82) is 0 Å². The first-order valence-corrected chi connectivity index (χ1v) is 7.68. The Hall–Kier alpha value is -1.26. The topological polar surface area (TPSA) is 60.9 Å². The summed E-state index contributed by atoms with van der Waals surface area (Å²) in [6, 6.07) is 0.296. The van der Waals surface area contributed by atoms with E-state index in [-0.39, 0.29) is 12.1 Å². The molecule has 2 aliphatic heterocycles. The standard InChI is InChI=1S/C15H26N2O3/c1-4-5-15(13(18)19)6-7-16(10-15)14(20)17-9-11(2)8-12(17)3/h11-12H,4-10H2,1-3H3,(H,18,19). The number of carboxylic acids is 1. The van der Waals surface area contributed by atoms with E-state index < -0.39 is 11.4 Å². The van der Waals surface area contributed by atoms with Gasteiger partial charge in [0.15, 0.2) is 0 Å². The molecule has 0 aromatic heterocycles. The maximum absolute atomic E-state index is 12.6. The van der Waals surface area contributed by atoms with Crippen LogP contribution in [0.25, 0.3) is 0 Å². The second-order valence-electron chi connectivity index (χ2n) is 6.63. The Kier molecular flexibility index (Phi) is 4.25. The van der Waals surface area contributed by atoms with E-state index in [1.165, 1.54) is 0 Å². The lowest BCUT2D eigenvalue weighted by Crippen LogP contribution is -2.45. The molecule has 2 saturated heterocycles. The lowest BCUT2D eigenvalue weighted by molar-refractivity contribution is -0.148. The number of carboxylic acid groups (broad SMARTS) is 1. The third kappa shape index (κ3) is 2.63. The summed E-state index contributed by atoms with van der Waals surface area (Å²) in [4.78, 5) is 27.8. The molecule has 1 N–H and O–H groups in total. The number of aliphatic carboxylic acids is 1. The van der Waals surface area contributed by atoms with Crippen LogP contribution in [0.5, 0.6) is 0 Å². The first-order valence-electron chi connectivity index (χ1n) is 7.68. The van der Waals surface area contributed by atoms with Crippen LogP contribution in [0.2, 0.25) is 0 Å². The number of carbonyl (C=O) groups excluding carboxylic acids is 1. The molecule has 0 bridgehead atoms. The lowest BCUT2D eigenvalue weighted by Gasteiger charge is -2.29. The van der Waals surface area contributed by atoms with Gasteiger partial charge in [-0.05, 0) is 32.1 Å². The van der Waals surface area contributed by atoms with Gasteiger partial charge < -0.3 is 14.9 Å². The normalized spacial score (nSPS) is 33.8. The van der Waals surface area contributed by atoms with Crippen LogP contribution in [0.1, 0.15) is 46.5 Å². The van der Waals surface area contributed by atoms with E-state index in [1.807, 2.05) is 11.8 Å². The van der Waals surface area contributed by atoms with E-state index in [1.54, 1.807) is 4.90 Å². The van der Waals surface area contributed by atoms with Crippen LogP contribution >= 0.6 is 0 Å². The minimum Gasteiger partial charge on any atom is -0.481 e. The van der Waals surface area contributed by atoms with Gasteiger partial charge >= 0.3 is 12.0 Å². The molecule has 0 spiro atoms. The molecule has 2 aliphatic rings. The van der Waals surface area contributed by atoms with Crippen molar-refractivity contribution in [3.8, 4) is 0 Å². The quantitative estimate of drug-likeness (QED) is 0.864. The maximum atomic E-state index is 12.6. The molecule has 3 unspecified atom stereocenters. The zero-order valence-electron chi connectivity index (χ0n) is 12.8. The van der Waals surface area contributed by atoms with Gasteiger partial charge in [0.2, 0.25) is 0 Å². The monoisotopic (exact) mass is 282 g/mol. The van der Waals surface area contributed by atoms with E-state index in [0.717, 1.165) is 19.4 Å². The van der Waals surface area contributed by atoms with Gasteiger partial charge in [0, 0.05) is 25.7 Å². The molecule has 20 heavy (non-hydrogen) atoms. The number of amides is 2. The fourth-order valence-electron chi connectivity index (χ4n) is 3.75. The van der Waals surface area contributed by atoms with Crippen LogP contribution in [0, 0.1) is 11.3 Å². The van der Waals surface area contributed by atoms with Crippen LogP contribution in [0.3, 0.4) is 0 Å². The van der Waals surface area contributed by atoms with E-state index in [0.29, 0.717) is 31.8 Å². The van der Waals surface area contributed by atoms with Crippen LogP contribution in [0.15, 0.2) is 0 Å². The van der Waals surface area contributed by atoms with E-state index in [2.05, 4.69) is 13.8 Å². The maximum Gasteiger partial charge on any atom is 0.320 e. The van der Waals surface area contributed by atoms with Crippen molar-refractivity contribution < 1.29 is 14.7 Å². The summed E-state index contributed by atoms with van der Waals surface area (Å²) in [5.74, 6) is -0.214. The zero-order chi connectivity index (χ0) is 14.9. The van der Waals surface area contributed by atoms with Gasteiger partial charge in [0.25, 0.3) is 0 Å². The molecule has 3 atom stereocenters.